The van der Waals surface area contributed by atoms with Gasteiger partial charge in [0.1, 0.15) is 0 Å². The molecule has 1 aromatic rings. The Balaban J connectivity index is 2.52. The molecule has 88 valence electrons. The van der Waals surface area contributed by atoms with Gasteiger partial charge >= 0.3 is 0 Å². The minimum absolute atomic E-state index is 0.146. The molecule has 1 aromatic carbocycles. The molecule has 0 saturated heterocycles. The highest BCUT2D eigenvalue weighted by Crippen LogP contribution is 2.35. The zero-order chi connectivity index (χ0) is 12.4. The molecule has 5 nitrogen and oxygen atoms in total. The molecule has 2 amide bonds. The molecule has 0 aromatic heterocycles. The van der Waals surface area contributed by atoms with Crippen LogP contribution >= 0.6 is 11.8 Å². The highest BCUT2D eigenvalue weighted by Gasteiger charge is 2.29. The van der Waals surface area contributed by atoms with Gasteiger partial charge < -0.3 is 5.73 Å². The molecule has 0 fully saturated rings. The maximum Gasteiger partial charge on any atom is 0.297 e. The molecule has 1 aliphatic heterocycles. The summed E-state index contributed by atoms with van der Waals surface area (Å²) >= 11 is 1.35. The molecule has 0 unspecified atom stereocenters. The van der Waals surface area contributed by atoms with Crippen LogP contribution in [0.1, 0.15) is 5.56 Å². The van der Waals surface area contributed by atoms with Gasteiger partial charge in [-0.25, -0.2) is 4.90 Å². The SMILES string of the molecule is NCc1ccc2c(c1)N(C(=O)C=O)C(=O)CS2. The monoisotopic (exact) mass is 250 g/mol. The molecule has 0 radical (unpaired) electrons. The first-order valence-corrected chi connectivity index (χ1v) is 5.94. The lowest BCUT2D eigenvalue weighted by atomic mass is 10.2. The molecule has 1 aliphatic rings. The average Bonchev–Trinajstić information content (AvgIpc) is 2.37. The van der Waals surface area contributed by atoms with Gasteiger partial charge in [0.2, 0.25) is 12.2 Å². The second-order valence-corrected chi connectivity index (χ2v) is 4.50. The van der Waals surface area contributed by atoms with Crippen LogP contribution in [0.2, 0.25) is 0 Å². The largest absolute Gasteiger partial charge is 0.326 e. The van der Waals surface area contributed by atoms with Gasteiger partial charge in [-0.2, -0.15) is 0 Å². The predicted molar refractivity (Wildman–Crippen MR) is 63.6 cm³/mol. The number of imide groups is 1. The Hall–Kier alpha value is -1.66. The Kier molecular flexibility index (Phi) is 3.26. The maximum atomic E-state index is 11.7. The lowest BCUT2D eigenvalue weighted by Crippen LogP contribution is -2.41. The summed E-state index contributed by atoms with van der Waals surface area (Å²) in [5, 5.41) is 0. The molecule has 2 rings (SSSR count). The molecular weight excluding hydrogens is 240 g/mol. The first-order valence-electron chi connectivity index (χ1n) is 4.95. The Bertz CT molecular complexity index is 501. The van der Waals surface area contributed by atoms with Crippen molar-refractivity contribution in [2.75, 3.05) is 10.7 Å². The maximum absolute atomic E-state index is 11.7. The molecule has 0 aliphatic carbocycles. The van der Waals surface area contributed by atoms with Crippen LogP contribution in [0.4, 0.5) is 5.69 Å². The van der Waals surface area contributed by atoms with E-state index in [1.165, 1.54) is 11.8 Å². The Morgan fingerprint density at radius 3 is 2.94 bits per heavy atom. The molecule has 0 saturated carbocycles. The summed E-state index contributed by atoms with van der Waals surface area (Å²) in [5.74, 6) is -1.06. The van der Waals surface area contributed by atoms with Gasteiger partial charge in [-0.3, -0.25) is 14.4 Å². The third-order valence-corrected chi connectivity index (χ3v) is 3.47. The van der Waals surface area contributed by atoms with Gasteiger partial charge in [0.05, 0.1) is 11.4 Å². The zero-order valence-electron chi connectivity index (χ0n) is 8.88. The number of anilines is 1. The second-order valence-electron chi connectivity index (χ2n) is 3.48. The Morgan fingerprint density at radius 2 is 2.29 bits per heavy atom. The number of aldehydes is 1. The number of hydrogen-bond acceptors (Lipinski definition) is 5. The van der Waals surface area contributed by atoms with Gasteiger partial charge in [0.25, 0.3) is 5.91 Å². The third kappa shape index (κ3) is 2.09. The lowest BCUT2D eigenvalue weighted by molar-refractivity contribution is -0.132. The summed E-state index contributed by atoms with van der Waals surface area (Å²) in [5.41, 5.74) is 6.77. The fraction of sp³-hybridized carbons (Fsp3) is 0.182. The van der Waals surface area contributed by atoms with Crippen molar-refractivity contribution in [1.82, 2.24) is 0 Å². The number of hydrogen-bond donors (Lipinski definition) is 1. The van der Waals surface area contributed by atoms with Gasteiger partial charge in [-0.1, -0.05) is 6.07 Å². The van der Waals surface area contributed by atoms with Crippen LogP contribution in [0.25, 0.3) is 0 Å². The standard InChI is InChI=1S/C11H10N2O3S/c12-4-7-1-2-9-8(3-7)13(10(15)5-14)11(16)6-17-9/h1-3,5H,4,6,12H2. The van der Waals surface area contributed by atoms with Crippen LogP contribution in [0.5, 0.6) is 0 Å². The van der Waals surface area contributed by atoms with Gasteiger partial charge in [-0.15, -0.1) is 11.8 Å². The Morgan fingerprint density at radius 1 is 1.53 bits per heavy atom. The van der Waals surface area contributed by atoms with E-state index in [2.05, 4.69) is 0 Å². The van der Waals surface area contributed by atoms with E-state index in [0.29, 0.717) is 12.2 Å². The number of rotatable bonds is 2. The van der Waals surface area contributed by atoms with Crippen molar-refractivity contribution in [3.8, 4) is 0 Å². The molecular formula is C11H10N2O3S. The average molecular weight is 250 g/mol. The van der Waals surface area contributed by atoms with Gasteiger partial charge in [0, 0.05) is 11.4 Å². The number of carbonyl (C=O) groups is 3. The number of benzene rings is 1. The highest BCUT2D eigenvalue weighted by atomic mass is 32.2. The topological polar surface area (TPSA) is 80.5 Å². The van der Waals surface area contributed by atoms with Crippen molar-refractivity contribution >= 4 is 35.5 Å². The quantitative estimate of drug-likeness (QED) is 0.603. The number of thioether (sulfide) groups is 1. The molecule has 0 spiro atoms. The summed E-state index contributed by atoms with van der Waals surface area (Å²) in [6, 6.07) is 5.31. The minimum Gasteiger partial charge on any atom is -0.326 e. The van der Waals surface area contributed by atoms with Crippen LogP contribution < -0.4 is 10.6 Å². The van der Waals surface area contributed by atoms with Crippen molar-refractivity contribution in [2.45, 2.75) is 11.4 Å². The van der Waals surface area contributed by atoms with E-state index in [1.54, 1.807) is 12.1 Å². The first-order chi connectivity index (χ1) is 8.17. The molecule has 2 N–H and O–H groups in total. The summed E-state index contributed by atoms with van der Waals surface area (Å²) < 4.78 is 0. The van der Waals surface area contributed by atoms with E-state index in [0.717, 1.165) is 15.4 Å². The summed E-state index contributed by atoms with van der Waals surface area (Å²) in [4.78, 5) is 35.3. The van der Waals surface area contributed by atoms with Crippen molar-refractivity contribution in [3.05, 3.63) is 23.8 Å². The molecule has 0 atom stereocenters. The number of nitrogens with zero attached hydrogens (tertiary/aromatic N) is 1. The smallest absolute Gasteiger partial charge is 0.297 e. The van der Waals surface area contributed by atoms with E-state index in [9.17, 15) is 14.4 Å². The summed E-state index contributed by atoms with van der Waals surface area (Å²) in [6.07, 6.45) is 0.146. The van der Waals surface area contributed by atoms with Gasteiger partial charge in [0.15, 0.2) is 0 Å². The Labute approximate surface area is 102 Å². The third-order valence-electron chi connectivity index (χ3n) is 2.42. The number of amides is 2. The van der Waals surface area contributed by atoms with Crippen molar-refractivity contribution in [3.63, 3.8) is 0 Å². The fourth-order valence-electron chi connectivity index (χ4n) is 1.62. The number of fused-ring (bicyclic) bond motifs is 1. The molecule has 0 bridgehead atoms. The fourth-order valence-corrected chi connectivity index (χ4v) is 2.49. The number of carbonyl (C=O) groups excluding carboxylic acids is 3. The number of nitrogens with two attached hydrogens (primary N) is 1. The normalized spacial score (nSPS) is 14.4. The van der Waals surface area contributed by atoms with E-state index in [1.807, 2.05) is 6.07 Å². The van der Waals surface area contributed by atoms with Crippen LogP contribution in [-0.2, 0) is 20.9 Å². The van der Waals surface area contributed by atoms with E-state index < -0.39 is 5.91 Å². The van der Waals surface area contributed by atoms with E-state index >= 15 is 0 Å². The van der Waals surface area contributed by atoms with Crippen LogP contribution in [0, 0.1) is 0 Å². The minimum atomic E-state index is -0.842. The van der Waals surface area contributed by atoms with Crippen LogP contribution in [-0.4, -0.2) is 23.9 Å². The summed E-state index contributed by atoms with van der Waals surface area (Å²) in [6.45, 7) is 0.315. The molecule has 17 heavy (non-hydrogen) atoms. The summed E-state index contributed by atoms with van der Waals surface area (Å²) in [7, 11) is 0. The lowest BCUT2D eigenvalue weighted by Gasteiger charge is -2.26. The highest BCUT2D eigenvalue weighted by molar-refractivity contribution is 8.00. The zero-order valence-corrected chi connectivity index (χ0v) is 9.70. The second kappa shape index (κ2) is 4.68. The van der Waals surface area contributed by atoms with Crippen molar-refractivity contribution < 1.29 is 14.4 Å². The van der Waals surface area contributed by atoms with Crippen LogP contribution in [0.15, 0.2) is 23.1 Å². The van der Waals surface area contributed by atoms with Crippen molar-refractivity contribution in [1.29, 1.82) is 0 Å². The van der Waals surface area contributed by atoms with Gasteiger partial charge in [-0.05, 0) is 17.7 Å². The van der Waals surface area contributed by atoms with E-state index in [-0.39, 0.29) is 17.9 Å². The first kappa shape index (κ1) is 11.8. The van der Waals surface area contributed by atoms with E-state index in [4.69, 9.17) is 5.73 Å². The molecule has 6 heteroatoms. The van der Waals surface area contributed by atoms with Crippen LogP contribution in [0.3, 0.4) is 0 Å². The van der Waals surface area contributed by atoms with Crippen molar-refractivity contribution in [2.24, 2.45) is 5.73 Å². The molecule has 1 heterocycles. The predicted octanol–water partition coefficient (Wildman–Crippen LogP) is 0.309.